The third-order valence-electron chi connectivity index (χ3n) is 5.96. The second-order valence-electron chi connectivity index (χ2n) is 9.12. The maximum atomic E-state index is 13.6. The fourth-order valence-corrected chi connectivity index (χ4v) is 6.02. The first-order chi connectivity index (χ1) is 18.8. The zero-order valence-corrected chi connectivity index (χ0v) is 23.7. The Labute approximate surface area is 235 Å². The molecule has 0 saturated heterocycles. The standard InChI is InChI=1S/C31H32N2O4S2/c1-24-8-12-26(13-9-24)23-38-21-20-32-31(34)22-33(39(35,36)30-18-10-25(2)11-19-30)27-14-16-29(17-15-27)37-28-6-4-3-5-7-28/h3-19H,20-23H2,1-2H3,(H,32,34). The average molecular weight is 561 g/mol. The van der Waals surface area contributed by atoms with Crippen LogP contribution in [0, 0.1) is 13.8 Å². The average Bonchev–Trinajstić information content (AvgIpc) is 2.94. The maximum absolute atomic E-state index is 13.6. The van der Waals surface area contributed by atoms with Crippen LogP contribution >= 0.6 is 11.8 Å². The third-order valence-corrected chi connectivity index (χ3v) is 8.78. The Morgan fingerprint density at radius 1 is 0.795 bits per heavy atom. The van der Waals surface area contributed by atoms with Gasteiger partial charge in [-0.05, 0) is 67.9 Å². The van der Waals surface area contributed by atoms with E-state index in [1.165, 1.54) is 11.1 Å². The Balaban J connectivity index is 1.43. The summed E-state index contributed by atoms with van der Waals surface area (Å²) < 4.78 is 34.2. The summed E-state index contributed by atoms with van der Waals surface area (Å²) in [7, 11) is -3.99. The molecule has 0 aliphatic heterocycles. The molecule has 0 saturated carbocycles. The zero-order valence-electron chi connectivity index (χ0n) is 22.0. The van der Waals surface area contributed by atoms with Gasteiger partial charge in [-0.15, -0.1) is 0 Å². The van der Waals surface area contributed by atoms with Crippen molar-refractivity contribution in [3.05, 3.63) is 120 Å². The number of ether oxygens (including phenoxy) is 1. The number of nitrogens with zero attached hydrogens (tertiary/aromatic N) is 1. The van der Waals surface area contributed by atoms with Crippen molar-refractivity contribution in [1.82, 2.24) is 5.32 Å². The summed E-state index contributed by atoms with van der Waals surface area (Å²) in [4.78, 5) is 13.0. The molecular weight excluding hydrogens is 528 g/mol. The lowest BCUT2D eigenvalue weighted by atomic mass is 10.2. The Morgan fingerprint density at radius 3 is 2.03 bits per heavy atom. The van der Waals surface area contributed by atoms with Crippen molar-refractivity contribution < 1.29 is 17.9 Å². The van der Waals surface area contributed by atoms with Gasteiger partial charge < -0.3 is 10.1 Å². The minimum Gasteiger partial charge on any atom is -0.457 e. The second kappa shape index (κ2) is 13.4. The van der Waals surface area contributed by atoms with Crippen LogP contribution in [-0.4, -0.2) is 33.2 Å². The molecule has 0 fully saturated rings. The first-order valence-electron chi connectivity index (χ1n) is 12.6. The number of sulfonamides is 1. The van der Waals surface area contributed by atoms with Crippen LogP contribution in [0.25, 0.3) is 0 Å². The minimum absolute atomic E-state index is 0.124. The lowest BCUT2D eigenvalue weighted by Gasteiger charge is -2.24. The predicted octanol–water partition coefficient (Wildman–Crippen LogP) is 6.34. The van der Waals surface area contributed by atoms with Crippen LogP contribution in [0.4, 0.5) is 5.69 Å². The van der Waals surface area contributed by atoms with E-state index in [4.69, 9.17) is 4.74 Å². The number of nitrogens with one attached hydrogen (secondary N) is 1. The number of thioether (sulfide) groups is 1. The Bertz CT molecular complexity index is 1460. The van der Waals surface area contributed by atoms with Crippen molar-refractivity contribution in [3.8, 4) is 11.5 Å². The molecule has 0 aliphatic rings. The van der Waals surface area contributed by atoms with Gasteiger partial charge in [0.2, 0.25) is 5.91 Å². The highest BCUT2D eigenvalue weighted by molar-refractivity contribution is 7.98. The molecule has 202 valence electrons. The summed E-state index contributed by atoms with van der Waals surface area (Å²) in [6.45, 7) is 4.06. The molecule has 0 heterocycles. The number of rotatable bonds is 12. The van der Waals surface area contributed by atoms with Crippen molar-refractivity contribution in [2.45, 2.75) is 24.5 Å². The topological polar surface area (TPSA) is 75.7 Å². The molecule has 1 amide bonds. The summed E-state index contributed by atoms with van der Waals surface area (Å²) in [5.74, 6) is 2.44. The van der Waals surface area contributed by atoms with Crippen LogP contribution in [0.15, 0.2) is 108 Å². The van der Waals surface area contributed by atoms with Gasteiger partial charge >= 0.3 is 0 Å². The van der Waals surface area contributed by atoms with Crippen LogP contribution in [0.5, 0.6) is 11.5 Å². The predicted molar refractivity (Wildman–Crippen MR) is 159 cm³/mol. The summed E-state index contributed by atoms with van der Waals surface area (Å²) in [6.07, 6.45) is 0. The SMILES string of the molecule is Cc1ccc(CSCCNC(=O)CN(c2ccc(Oc3ccccc3)cc2)S(=O)(=O)c2ccc(C)cc2)cc1. The van der Waals surface area contributed by atoms with Gasteiger partial charge in [-0.25, -0.2) is 8.42 Å². The molecule has 0 bridgehead atoms. The van der Waals surface area contributed by atoms with Crippen LogP contribution in [0.3, 0.4) is 0 Å². The van der Waals surface area contributed by atoms with E-state index in [-0.39, 0.29) is 17.3 Å². The lowest BCUT2D eigenvalue weighted by Crippen LogP contribution is -2.41. The quantitative estimate of drug-likeness (QED) is 0.205. The zero-order chi connectivity index (χ0) is 27.7. The van der Waals surface area contributed by atoms with E-state index in [1.54, 1.807) is 60.3 Å². The molecule has 4 aromatic carbocycles. The lowest BCUT2D eigenvalue weighted by molar-refractivity contribution is -0.119. The fourth-order valence-electron chi connectivity index (χ4n) is 3.78. The number of hydrogen-bond donors (Lipinski definition) is 1. The number of amides is 1. The second-order valence-corrected chi connectivity index (χ2v) is 12.1. The molecule has 0 aromatic heterocycles. The number of carbonyl (C=O) groups excluding carboxylic acids is 1. The molecule has 0 radical (unpaired) electrons. The number of benzene rings is 4. The Morgan fingerprint density at radius 2 is 1.38 bits per heavy atom. The van der Waals surface area contributed by atoms with Gasteiger partial charge in [0, 0.05) is 18.1 Å². The molecule has 0 aliphatic carbocycles. The monoisotopic (exact) mass is 560 g/mol. The normalized spacial score (nSPS) is 11.1. The highest BCUT2D eigenvalue weighted by Crippen LogP contribution is 2.28. The minimum atomic E-state index is -3.99. The van der Waals surface area contributed by atoms with E-state index in [1.807, 2.05) is 37.3 Å². The van der Waals surface area contributed by atoms with Gasteiger partial charge in [0.25, 0.3) is 10.0 Å². The van der Waals surface area contributed by atoms with Crippen molar-refractivity contribution in [3.63, 3.8) is 0 Å². The molecular formula is C31H32N2O4S2. The molecule has 0 unspecified atom stereocenters. The van der Waals surface area contributed by atoms with Gasteiger partial charge in [0.15, 0.2) is 0 Å². The van der Waals surface area contributed by atoms with Crippen molar-refractivity contribution in [2.24, 2.45) is 0 Å². The van der Waals surface area contributed by atoms with E-state index >= 15 is 0 Å². The van der Waals surface area contributed by atoms with Gasteiger partial charge in [0.05, 0.1) is 10.6 Å². The largest absolute Gasteiger partial charge is 0.457 e. The molecule has 0 atom stereocenters. The number of anilines is 1. The van der Waals surface area contributed by atoms with Gasteiger partial charge in [-0.3, -0.25) is 9.10 Å². The summed E-state index contributed by atoms with van der Waals surface area (Å²) in [6, 6.07) is 31.0. The van der Waals surface area contributed by atoms with Gasteiger partial charge in [-0.1, -0.05) is 65.7 Å². The Kier molecular flexibility index (Phi) is 9.68. The molecule has 8 heteroatoms. The van der Waals surface area contributed by atoms with E-state index in [9.17, 15) is 13.2 Å². The first-order valence-corrected chi connectivity index (χ1v) is 15.2. The van der Waals surface area contributed by atoms with Crippen molar-refractivity contribution in [1.29, 1.82) is 0 Å². The molecule has 4 rings (SSSR count). The third kappa shape index (κ3) is 8.12. The van der Waals surface area contributed by atoms with E-state index < -0.39 is 10.0 Å². The smallest absolute Gasteiger partial charge is 0.264 e. The van der Waals surface area contributed by atoms with Crippen molar-refractivity contribution in [2.75, 3.05) is 23.1 Å². The van der Waals surface area contributed by atoms with Crippen LogP contribution in [0.1, 0.15) is 16.7 Å². The molecule has 1 N–H and O–H groups in total. The molecule has 39 heavy (non-hydrogen) atoms. The highest BCUT2D eigenvalue weighted by Gasteiger charge is 2.27. The summed E-state index contributed by atoms with van der Waals surface area (Å²) in [5, 5.41) is 2.86. The summed E-state index contributed by atoms with van der Waals surface area (Å²) in [5.41, 5.74) is 3.77. The summed E-state index contributed by atoms with van der Waals surface area (Å²) >= 11 is 1.71. The number of carbonyl (C=O) groups is 1. The number of aryl methyl sites for hydroxylation is 2. The fraction of sp³-hybridized carbons (Fsp3) is 0.194. The van der Waals surface area contributed by atoms with E-state index in [2.05, 4.69) is 36.5 Å². The molecule has 0 spiro atoms. The highest BCUT2D eigenvalue weighted by atomic mass is 32.2. The van der Waals surface area contributed by atoms with Crippen molar-refractivity contribution >= 4 is 33.4 Å². The molecule has 6 nitrogen and oxygen atoms in total. The van der Waals surface area contributed by atoms with E-state index in [0.717, 1.165) is 21.4 Å². The van der Waals surface area contributed by atoms with E-state index in [0.29, 0.717) is 23.7 Å². The van der Waals surface area contributed by atoms with Gasteiger partial charge in [-0.2, -0.15) is 11.8 Å². The Hall–Kier alpha value is -3.75. The first kappa shape index (κ1) is 28.3. The number of para-hydroxylation sites is 1. The van der Waals surface area contributed by atoms with Crippen LogP contribution in [-0.2, 0) is 20.6 Å². The number of hydrogen-bond acceptors (Lipinski definition) is 5. The maximum Gasteiger partial charge on any atom is 0.264 e. The van der Waals surface area contributed by atoms with Gasteiger partial charge in [0.1, 0.15) is 18.0 Å². The van der Waals surface area contributed by atoms with Crippen LogP contribution in [0.2, 0.25) is 0 Å². The van der Waals surface area contributed by atoms with Crippen LogP contribution < -0.4 is 14.4 Å². The molecule has 4 aromatic rings.